The Labute approximate surface area is 148 Å². The largest absolute Gasteiger partial charge is 0.376 e. The zero-order valence-corrected chi connectivity index (χ0v) is 14.6. The van der Waals surface area contributed by atoms with Gasteiger partial charge in [0.05, 0.1) is 12.1 Å². The van der Waals surface area contributed by atoms with Crippen LogP contribution in [0, 0.1) is 11.7 Å². The van der Waals surface area contributed by atoms with E-state index in [9.17, 15) is 9.18 Å². The van der Waals surface area contributed by atoms with E-state index < -0.39 is 0 Å². The van der Waals surface area contributed by atoms with Crippen LogP contribution < -0.4 is 11.1 Å². The van der Waals surface area contributed by atoms with Crippen LogP contribution in [-0.2, 0) is 9.53 Å². The Balaban J connectivity index is 0.00000208. The van der Waals surface area contributed by atoms with Crippen LogP contribution >= 0.6 is 12.4 Å². The summed E-state index contributed by atoms with van der Waals surface area (Å²) in [5.74, 6) is 0.00800. The maximum atomic E-state index is 13.2. The summed E-state index contributed by atoms with van der Waals surface area (Å²) < 4.78 is 18.9. The van der Waals surface area contributed by atoms with Crippen LogP contribution in [0.2, 0.25) is 0 Å². The third kappa shape index (κ3) is 4.68. The van der Waals surface area contributed by atoms with Gasteiger partial charge >= 0.3 is 0 Å². The highest BCUT2D eigenvalue weighted by Crippen LogP contribution is 2.29. The lowest BCUT2D eigenvalue weighted by Crippen LogP contribution is -2.38. The maximum absolute atomic E-state index is 13.2. The first-order chi connectivity index (χ1) is 11.1. The average molecular weight is 357 g/mol. The molecule has 4 nitrogen and oxygen atoms in total. The molecular formula is C18H26ClFN2O2. The molecule has 2 aliphatic rings. The molecule has 4 atom stereocenters. The monoisotopic (exact) mass is 356 g/mol. The van der Waals surface area contributed by atoms with Crippen LogP contribution in [0.25, 0.3) is 0 Å². The van der Waals surface area contributed by atoms with Gasteiger partial charge in [-0.15, -0.1) is 12.4 Å². The van der Waals surface area contributed by atoms with Crippen LogP contribution in [0.4, 0.5) is 4.39 Å². The Bertz CT molecular complexity index is 534. The van der Waals surface area contributed by atoms with Gasteiger partial charge in [0.25, 0.3) is 0 Å². The van der Waals surface area contributed by atoms with Gasteiger partial charge in [-0.2, -0.15) is 0 Å². The first-order valence-corrected chi connectivity index (χ1v) is 8.55. The molecular weight excluding hydrogens is 331 g/mol. The highest BCUT2D eigenvalue weighted by atomic mass is 35.5. The number of halogens is 2. The number of benzene rings is 1. The molecule has 3 rings (SSSR count). The van der Waals surface area contributed by atoms with Crippen molar-refractivity contribution in [1.29, 1.82) is 0 Å². The molecule has 1 aliphatic carbocycles. The number of rotatable bonds is 5. The molecule has 134 valence electrons. The molecule has 1 aromatic carbocycles. The predicted octanol–water partition coefficient (Wildman–Crippen LogP) is 3.10. The summed E-state index contributed by atoms with van der Waals surface area (Å²) in [5, 5.41) is 3.10. The summed E-state index contributed by atoms with van der Waals surface area (Å²) >= 11 is 0. The number of nitrogens with two attached hydrogens (primary N) is 1. The van der Waals surface area contributed by atoms with Gasteiger partial charge in [0.15, 0.2) is 0 Å². The molecule has 2 unspecified atom stereocenters. The smallest absolute Gasteiger partial charge is 0.220 e. The summed E-state index contributed by atoms with van der Waals surface area (Å²) in [6.07, 6.45) is 5.46. The van der Waals surface area contributed by atoms with Gasteiger partial charge in [-0.25, -0.2) is 4.39 Å². The zero-order chi connectivity index (χ0) is 16.2. The number of hydrogen-bond acceptors (Lipinski definition) is 3. The fourth-order valence-electron chi connectivity index (χ4n) is 3.72. The van der Waals surface area contributed by atoms with E-state index in [4.69, 9.17) is 10.5 Å². The number of carbonyl (C=O) groups is 1. The van der Waals surface area contributed by atoms with Gasteiger partial charge in [0.2, 0.25) is 5.91 Å². The molecule has 24 heavy (non-hydrogen) atoms. The van der Waals surface area contributed by atoms with Crippen molar-refractivity contribution < 1.29 is 13.9 Å². The average Bonchev–Trinajstić information content (AvgIpc) is 3.19. The summed E-state index contributed by atoms with van der Waals surface area (Å²) in [5.41, 5.74) is 6.95. The molecule has 1 saturated carbocycles. The molecule has 0 radical (unpaired) electrons. The van der Waals surface area contributed by atoms with E-state index in [2.05, 4.69) is 5.32 Å². The van der Waals surface area contributed by atoms with Crippen molar-refractivity contribution in [2.24, 2.45) is 11.7 Å². The molecule has 0 spiro atoms. The first-order valence-electron chi connectivity index (χ1n) is 8.55. The number of carbonyl (C=O) groups excluding carboxylic acids is 1. The Morgan fingerprint density at radius 2 is 2.00 bits per heavy atom. The van der Waals surface area contributed by atoms with Crippen molar-refractivity contribution in [1.82, 2.24) is 5.32 Å². The normalized spacial score (nSPS) is 27.5. The standard InChI is InChI=1S/C18H25FN2O2.ClH/c19-14-8-6-12(7-9-14)18(16-5-2-10-23-16)21-17(22)11-13-3-1-4-15(13)20;/h6-9,13,15-16,18H,1-5,10-11,20H2,(H,21,22);1H/t13-,15+,16?,18?;/m0./s1. The Morgan fingerprint density at radius 1 is 1.25 bits per heavy atom. The minimum absolute atomic E-state index is 0. The molecule has 1 heterocycles. The van der Waals surface area contributed by atoms with E-state index in [-0.39, 0.29) is 48.2 Å². The van der Waals surface area contributed by atoms with Crippen molar-refractivity contribution in [3.05, 3.63) is 35.6 Å². The molecule has 2 fully saturated rings. The van der Waals surface area contributed by atoms with E-state index in [0.29, 0.717) is 13.0 Å². The molecule has 1 aromatic rings. The van der Waals surface area contributed by atoms with Gasteiger partial charge in [-0.05, 0) is 49.3 Å². The second-order valence-electron chi connectivity index (χ2n) is 6.71. The van der Waals surface area contributed by atoms with E-state index in [1.54, 1.807) is 12.1 Å². The van der Waals surface area contributed by atoms with Gasteiger partial charge in [0, 0.05) is 19.1 Å². The molecule has 0 bridgehead atoms. The SMILES string of the molecule is Cl.N[C@@H]1CCC[C@H]1CC(=O)NC(c1ccc(F)cc1)C1CCCO1. The van der Waals surface area contributed by atoms with Gasteiger partial charge in [-0.1, -0.05) is 18.6 Å². The molecule has 1 saturated heterocycles. The number of ether oxygens (including phenoxy) is 1. The zero-order valence-electron chi connectivity index (χ0n) is 13.7. The minimum atomic E-state index is -0.275. The van der Waals surface area contributed by atoms with Crippen molar-refractivity contribution in [3.63, 3.8) is 0 Å². The fraction of sp³-hybridized carbons (Fsp3) is 0.611. The summed E-state index contributed by atoms with van der Waals surface area (Å²) in [6, 6.07) is 6.22. The summed E-state index contributed by atoms with van der Waals surface area (Å²) in [4.78, 5) is 12.5. The molecule has 1 aliphatic heterocycles. The van der Waals surface area contributed by atoms with Crippen LogP contribution in [0.1, 0.15) is 50.1 Å². The first kappa shape index (κ1) is 19.2. The predicted molar refractivity (Wildman–Crippen MR) is 93.4 cm³/mol. The minimum Gasteiger partial charge on any atom is -0.376 e. The van der Waals surface area contributed by atoms with E-state index in [1.807, 2.05) is 0 Å². The maximum Gasteiger partial charge on any atom is 0.220 e. The van der Waals surface area contributed by atoms with Crippen LogP contribution in [0.5, 0.6) is 0 Å². The third-order valence-electron chi connectivity index (χ3n) is 5.05. The van der Waals surface area contributed by atoms with Crippen LogP contribution in [-0.4, -0.2) is 24.7 Å². The van der Waals surface area contributed by atoms with Crippen LogP contribution in [0.15, 0.2) is 24.3 Å². The van der Waals surface area contributed by atoms with E-state index >= 15 is 0 Å². The lowest BCUT2D eigenvalue weighted by Gasteiger charge is -2.26. The van der Waals surface area contributed by atoms with Crippen molar-refractivity contribution >= 4 is 18.3 Å². The second kappa shape index (κ2) is 8.79. The van der Waals surface area contributed by atoms with Crippen molar-refractivity contribution in [3.8, 4) is 0 Å². The highest BCUT2D eigenvalue weighted by molar-refractivity contribution is 5.85. The summed E-state index contributed by atoms with van der Waals surface area (Å²) in [7, 11) is 0. The lowest BCUT2D eigenvalue weighted by molar-refractivity contribution is -0.123. The molecule has 3 N–H and O–H groups in total. The van der Waals surface area contributed by atoms with Gasteiger partial charge in [0.1, 0.15) is 5.82 Å². The van der Waals surface area contributed by atoms with Crippen LogP contribution in [0.3, 0.4) is 0 Å². The fourth-order valence-corrected chi connectivity index (χ4v) is 3.72. The van der Waals surface area contributed by atoms with Gasteiger partial charge < -0.3 is 15.8 Å². The highest BCUT2D eigenvalue weighted by Gasteiger charge is 2.31. The third-order valence-corrected chi connectivity index (χ3v) is 5.05. The molecule has 0 aromatic heterocycles. The van der Waals surface area contributed by atoms with Crippen molar-refractivity contribution in [2.75, 3.05) is 6.61 Å². The Hall–Kier alpha value is -1.17. The molecule has 1 amide bonds. The number of amides is 1. The second-order valence-corrected chi connectivity index (χ2v) is 6.71. The Kier molecular flexibility index (Phi) is 7.02. The summed E-state index contributed by atoms with van der Waals surface area (Å²) in [6.45, 7) is 0.714. The van der Waals surface area contributed by atoms with Crippen molar-refractivity contribution in [2.45, 2.75) is 56.7 Å². The quantitative estimate of drug-likeness (QED) is 0.852. The van der Waals surface area contributed by atoms with E-state index in [1.165, 1.54) is 12.1 Å². The number of hydrogen-bond donors (Lipinski definition) is 2. The topological polar surface area (TPSA) is 64.4 Å². The number of nitrogens with one attached hydrogen (secondary N) is 1. The van der Waals surface area contributed by atoms with Gasteiger partial charge in [-0.3, -0.25) is 4.79 Å². The Morgan fingerprint density at radius 3 is 2.58 bits per heavy atom. The lowest BCUT2D eigenvalue weighted by atomic mass is 9.96. The van der Waals surface area contributed by atoms with E-state index in [0.717, 1.165) is 37.7 Å². The molecule has 6 heteroatoms.